The van der Waals surface area contributed by atoms with Crippen molar-refractivity contribution in [2.45, 2.75) is 27.7 Å². The number of hydrazine groups is 1. The van der Waals surface area contributed by atoms with Gasteiger partial charge < -0.3 is 0 Å². The third kappa shape index (κ3) is 10.7. The maximum absolute atomic E-state index is 5.66. The van der Waals surface area contributed by atoms with Gasteiger partial charge in [0.25, 0.3) is 0 Å². The van der Waals surface area contributed by atoms with Gasteiger partial charge in [-0.05, 0) is 16.1 Å². The molecule has 0 aliphatic carbocycles. The Bertz CT molecular complexity index is 229. The Hall–Kier alpha value is -0.390. The lowest BCUT2D eigenvalue weighted by Gasteiger charge is -2.01. The smallest absolute Gasteiger partial charge is 0.0386 e. The van der Waals surface area contributed by atoms with E-state index in [0.29, 0.717) is 0 Å². The van der Waals surface area contributed by atoms with Crippen LogP contribution in [0.15, 0.2) is 48.6 Å². The van der Waals surface area contributed by atoms with Crippen molar-refractivity contribution in [3.63, 3.8) is 0 Å². The lowest BCUT2D eigenvalue weighted by atomic mass is 10.1. The SMILES string of the molecule is C=C/C=C1/CN(N)C/C1=C/C=C.CC.CC.CI. The van der Waals surface area contributed by atoms with Crippen molar-refractivity contribution in [2.24, 2.45) is 5.84 Å². The van der Waals surface area contributed by atoms with Gasteiger partial charge in [-0.15, -0.1) is 0 Å². The average Bonchev–Trinajstić information content (AvgIpc) is 2.78. The summed E-state index contributed by atoms with van der Waals surface area (Å²) in [5.74, 6) is 5.66. The zero-order valence-corrected chi connectivity index (χ0v) is 14.7. The number of nitrogens with two attached hydrogens (primary N) is 1. The summed E-state index contributed by atoms with van der Waals surface area (Å²) in [6.07, 6.45) is 7.54. The summed E-state index contributed by atoms with van der Waals surface area (Å²) in [4.78, 5) is 1.97. The minimum atomic E-state index is 0.797. The number of hydrogen-bond donors (Lipinski definition) is 1. The molecule has 0 unspecified atom stereocenters. The predicted molar refractivity (Wildman–Crippen MR) is 95.0 cm³/mol. The fourth-order valence-electron chi connectivity index (χ4n) is 1.30. The molecule has 1 aliphatic rings. The van der Waals surface area contributed by atoms with Crippen molar-refractivity contribution in [2.75, 3.05) is 18.0 Å². The van der Waals surface area contributed by atoms with E-state index in [1.54, 1.807) is 17.2 Å². The van der Waals surface area contributed by atoms with Gasteiger partial charge in [0.1, 0.15) is 0 Å². The van der Waals surface area contributed by atoms with E-state index < -0.39 is 0 Å². The lowest BCUT2D eigenvalue weighted by Crippen LogP contribution is -2.26. The summed E-state index contributed by atoms with van der Waals surface area (Å²) in [6, 6.07) is 0. The number of rotatable bonds is 2. The fourth-order valence-corrected chi connectivity index (χ4v) is 1.30. The molecule has 106 valence electrons. The molecule has 1 aliphatic heterocycles. The average molecular weight is 364 g/mol. The van der Waals surface area contributed by atoms with Crippen LogP contribution in [0.4, 0.5) is 0 Å². The highest BCUT2D eigenvalue weighted by Gasteiger charge is 2.17. The lowest BCUT2D eigenvalue weighted by molar-refractivity contribution is 0.372. The molecule has 0 bridgehead atoms. The van der Waals surface area contributed by atoms with Gasteiger partial charge in [-0.2, -0.15) is 0 Å². The van der Waals surface area contributed by atoms with E-state index in [0.717, 1.165) is 13.1 Å². The summed E-state index contributed by atoms with van der Waals surface area (Å²) in [6.45, 7) is 16.9. The summed E-state index contributed by atoms with van der Waals surface area (Å²) in [5, 5.41) is 1.77. The first-order chi connectivity index (χ1) is 8.77. The van der Waals surface area contributed by atoms with Crippen molar-refractivity contribution in [1.82, 2.24) is 5.01 Å². The fraction of sp³-hybridized carbons (Fsp3) is 0.467. The van der Waals surface area contributed by atoms with Crippen LogP contribution in [0.1, 0.15) is 27.7 Å². The second-order valence-corrected chi connectivity index (χ2v) is 2.76. The van der Waals surface area contributed by atoms with Gasteiger partial charge in [0.15, 0.2) is 0 Å². The van der Waals surface area contributed by atoms with Crippen LogP contribution in [-0.4, -0.2) is 23.0 Å². The van der Waals surface area contributed by atoms with E-state index in [1.165, 1.54) is 11.1 Å². The van der Waals surface area contributed by atoms with Gasteiger partial charge in [-0.1, -0.05) is 87.7 Å². The Kier molecular flexibility index (Phi) is 24.0. The van der Waals surface area contributed by atoms with E-state index in [4.69, 9.17) is 5.84 Å². The molecule has 1 fully saturated rings. The number of hydrogen-bond acceptors (Lipinski definition) is 2. The Morgan fingerprint density at radius 2 is 1.22 bits per heavy atom. The third-order valence-electron chi connectivity index (χ3n) is 1.80. The Balaban J connectivity index is -0.000000328. The van der Waals surface area contributed by atoms with E-state index in [9.17, 15) is 0 Å². The van der Waals surface area contributed by atoms with Crippen LogP contribution >= 0.6 is 22.6 Å². The molecule has 0 atom stereocenters. The van der Waals surface area contributed by atoms with Gasteiger partial charge in [0.05, 0.1) is 0 Å². The van der Waals surface area contributed by atoms with E-state index in [-0.39, 0.29) is 0 Å². The quantitative estimate of drug-likeness (QED) is 0.444. The molecule has 2 N–H and O–H groups in total. The summed E-state index contributed by atoms with van der Waals surface area (Å²) >= 11 is 2.15. The van der Waals surface area contributed by atoms with Gasteiger partial charge in [0, 0.05) is 13.1 Å². The summed E-state index contributed by atoms with van der Waals surface area (Å²) in [5.41, 5.74) is 2.46. The molecular formula is C15H29IN2. The molecule has 2 nitrogen and oxygen atoms in total. The molecular weight excluding hydrogens is 335 g/mol. The van der Waals surface area contributed by atoms with Gasteiger partial charge in [-0.3, -0.25) is 5.84 Å². The summed E-state index contributed by atoms with van der Waals surface area (Å²) in [7, 11) is 0. The molecule has 3 heteroatoms. The van der Waals surface area contributed by atoms with E-state index in [1.807, 2.05) is 44.8 Å². The maximum Gasteiger partial charge on any atom is 0.0386 e. The number of alkyl halides is 1. The molecule has 0 radical (unpaired) electrons. The van der Waals surface area contributed by atoms with Crippen molar-refractivity contribution >= 4 is 22.6 Å². The molecule has 1 saturated heterocycles. The first kappa shape index (κ1) is 22.8. The minimum absolute atomic E-state index is 0.797. The second kappa shape index (κ2) is 19.0. The van der Waals surface area contributed by atoms with Crippen LogP contribution in [0.2, 0.25) is 0 Å². The Morgan fingerprint density at radius 3 is 1.44 bits per heavy atom. The molecule has 0 aromatic rings. The van der Waals surface area contributed by atoms with Crippen molar-refractivity contribution in [3.8, 4) is 0 Å². The van der Waals surface area contributed by atoms with Crippen LogP contribution in [-0.2, 0) is 0 Å². The van der Waals surface area contributed by atoms with Crippen LogP contribution < -0.4 is 5.84 Å². The molecule has 0 aromatic heterocycles. The van der Waals surface area contributed by atoms with Crippen LogP contribution in [0.25, 0.3) is 0 Å². The number of nitrogens with zero attached hydrogens (tertiary/aromatic N) is 1. The number of halogens is 1. The highest BCUT2D eigenvalue weighted by molar-refractivity contribution is 14.1. The van der Waals surface area contributed by atoms with Gasteiger partial charge >= 0.3 is 0 Å². The van der Waals surface area contributed by atoms with Crippen molar-refractivity contribution in [3.05, 3.63) is 48.6 Å². The largest absolute Gasteiger partial charge is 0.268 e. The number of allylic oxidation sites excluding steroid dienone is 4. The van der Waals surface area contributed by atoms with Crippen LogP contribution in [0.5, 0.6) is 0 Å². The van der Waals surface area contributed by atoms with Crippen LogP contribution in [0.3, 0.4) is 0 Å². The van der Waals surface area contributed by atoms with E-state index >= 15 is 0 Å². The molecule has 0 saturated carbocycles. The maximum atomic E-state index is 5.66. The molecule has 1 rings (SSSR count). The van der Waals surface area contributed by atoms with Gasteiger partial charge in [0.2, 0.25) is 0 Å². The molecule has 18 heavy (non-hydrogen) atoms. The normalized spacial score (nSPS) is 17.7. The molecule has 1 heterocycles. The van der Waals surface area contributed by atoms with Gasteiger partial charge in [-0.25, -0.2) is 5.01 Å². The first-order valence-corrected chi connectivity index (χ1v) is 8.44. The zero-order chi connectivity index (χ0) is 15.0. The van der Waals surface area contributed by atoms with Crippen molar-refractivity contribution < 1.29 is 0 Å². The second-order valence-electron chi connectivity index (χ2n) is 2.76. The Morgan fingerprint density at radius 1 is 0.944 bits per heavy atom. The highest BCUT2D eigenvalue weighted by Crippen LogP contribution is 2.18. The van der Waals surface area contributed by atoms with Crippen LogP contribution in [0, 0.1) is 0 Å². The highest BCUT2D eigenvalue weighted by atomic mass is 127. The molecule has 0 amide bonds. The monoisotopic (exact) mass is 364 g/mol. The Labute approximate surface area is 127 Å². The molecule has 0 aromatic carbocycles. The third-order valence-corrected chi connectivity index (χ3v) is 1.80. The summed E-state index contributed by atoms with van der Waals surface area (Å²) < 4.78 is 0. The minimum Gasteiger partial charge on any atom is -0.268 e. The predicted octanol–water partition coefficient (Wildman–Crippen LogP) is 4.50. The van der Waals surface area contributed by atoms with E-state index in [2.05, 4.69) is 35.7 Å². The standard InChI is InChI=1S/C10H14N2.2C2H6.CH3I/c1-3-5-9-7-12(11)8-10(9)6-4-2;3*1-2/h3-6H,1-2,7-8,11H2;2*1-2H3;1H3/b9-5-,10-6-;;;. The zero-order valence-electron chi connectivity index (χ0n) is 12.5. The first-order valence-electron chi connectivity index (χ1n) is 6.29. The van der Waals surface area contributed by atoms with Crippen molar-refractivity contribution in [1.29, 1.82) is 0 Å². The molecule has 0 spiro atoms. The topological polar surface area (TPSA) is 29.3 Å².